The van der Waals surface area contributed by atoms with Crippen LogP contribution in [0.4, 0.5) is 18.9 Å². The summed E-state index contributed by atoms with van der Waals surface area (Å²) in [6.45, 7) is 0.228. The van der Waals surface area contributed by atoms with Gasteiger partial charge in [0.2, 0.25) is 0 Å². The van der Waals surface area contributed by atoms with Crippen molar-refractivity contribution in [3.05, 3.63) is 94.8 Å². The van der Waals surface area contributed by atoms with E-state index in [0.29, 0.717) is 24.1 Å². The van der Waals surface area contributed by atoms with Gasteiger partial charge in [-0.05, 0) is 66.4 Å². The van der Waals surface area contributed by atoms with Crippen LogP contribution in [-0.2, 0) is 22.9 Å². The lowest BCUT2D eigenvalue weighted by atomic mass is 9.97. The summed E-state index contributed by atoms with van der Waals surface area (Å²) in [5.74, 6) is -3.16. The quantitative estimate of drug-likeness (QED) is 0.537. The number of anilines is 1. The second kappa shape index (κ2) is 8.19. The van der Waals surface area contributed by atoms with Gasteiger partial charge in [-0.25, -0.2) is 21.6 Å². The van der Waals surface area contributed by atoms with Gasteiger partial charge in [-0.15, -0.1) is 0 Å². The normalized spacial score (nSPS) is 13.7. The van der Waals surface area contributed by atoms with E-state index in [1.54, 1.807) is 18.2 Å². The largest absolute Gasteiger partial charge is 0.294 e. The van der Waals surface area contributed by atoms with Gasteiger partial charge in [0.05, 0.1) is 16.1 Å². The van der Waals surface area contributed by atoms with Crippen molar-refractivity contribution in [3.63, 3.8) is 0 Å². The Kier molecular flexibility index (Phi) is 5.58. The molecule has 0 unspecified atom stereocenters. The summed E-state index contributed by atoms with van der Waals surface area (Å²) in [7, 11) is -3.94. The molecule has 1 aliphatic rings. The van der Waals surface area contributed by atoms with Crippen LogP contribution in [-0.4, -0.2) is 20.7 Å². The first kappa shape index (κ1) is 21.1. The standard InChI is InChI=1S/C23H18F3NO3S/c24-17-8-10-18(11-9-17)31(29,30)27-12-2-3-16-7-6-15(13-21(16)27)14-22(28)23-19(25)4-1-5-20(23)26/h1,4-11,13H,2-3,12,14H2. The van der Waals surface area contributed by atoms with Gasteiger partial charge in [-0.1, -0.05) is 18.2 Å². The lowest BCUT2D eigenvalue weighted by Crippen LogP contribution is -2.35. The first-order valence-electron chi connectivity index (χ1n) is 9.65. The minimum absolute atomic E-state index is 0.0448. The smallest absolute Gasteiger partial charge is 0.264 e. The molecule has 0 atom stereocenters. The lowest BCUT2D eigenvalue weighted by molar-refractivity contribution is 0.0985. The summed E-state index contributed by atoms with van der Waals surface area (Å²) in [6, 6.07) is 12.7. The maximum absolute atomic E-state index is 13.9. The van der Waals surface area contributed by atoms with Crippen molar-refractivity contribution in [2.75, 3.05) is 10.8 Å². The zero-order chi connectivity index (χ0) is 22.2. The van der Waals surface area contributed by atoms with E-state index in [1.807, 2.05) is 0 Å². The van der Waals surface area contributed by atoms with Gasteiger partial charge < -0.3 is 0 Å². The van der Waals surface area contributed by atoms with Gasteiger partial charge in [-0.2, -0.15) is 0 Å². The number of rotatable bonds is 5. The molecular formula is C23H18F3NO3S. The molecule has 0 amide bonds. The summed E-state index contributed by atoms with van der Waals surface area (Å²) < 4.78 is 68.6. The van der Waals surface area contributed by atoms with E-state index in [4.69, 9.17) is 0 Å². The molecule has 0 saturated carbocycles. The van der Waals surface area contributed by atoms with Gasteiger partial charge in [0.15, 0.2) is 5.78 Å². The topological polar surface area (TPSA) is 54.5 Å². The van der Waals surface area contributed by atoms with Gasteiger partial charge >= 0.3 is 0 Å². The molecule has 0 bridgehead atoms. The number of nitrogens with zero attached hydrogens (tertiary/aromatic N) is 1. The monoisotopic (exact) mass is 445 g/mol. The summed E-state index contributed by atoms with van der Waals surface area (Å²) in [6.07, 6.45) is 0.975. The van der Waals surface area contributed by atoms with E-state index < -0.39 is 38.8 Å². The average Bonchev–Trinajstić information content (AvgIpc) is 2.73. The zero-order valence-electron chi connectivity index (χ0n) is 16.3. The summed E-state index contributed by atoms with van der Waals surface area (Å²) in [4.78, 5) is 12.5. The summed E-state index contributed by atoms with van der Waals surface area (Å²) >= 11 is 0. The number of hydrogen-bond donors (Lipinski definition) is 0. The highest BCUT2D eigenvalue weighted by Crippen LogP contribution is 2.33. The third-order valence-electron chi connectivity index (χ3n) is 5.23. The van der Waals surface area contributed by atoms with Crippen molar-refractivity contribution in [2.45, 2.75) is 24.2 Å². The molecule has 0 aliphatic carbocycles. The second-order valence-corrected chi connectivity index (χ2v) is 9.16. The molecule has 3 aromatic rings. The number of Topliss-reactive ketones (excluding diaryl/α,β-unsaturated/α-hetero) is 1. The summed E-state index contributed by atoms with van der Waals surface area (Å²) in [5, 5.41) is 0. The maximum atomic E-state index is 13.9. The Hall–Kier alpha value is -3.13. The fourth-order valence-corrected chi connectivity index (χ4v) is 5.25. The number of aryl methyl sites for hydroxylation is 1. The molecule has 0 saturated heterocycles. The number of ketones is 1. The van der Waals surface area contributed by atoms with E-state index in [1.165, 1.54) is 22.5 Å². The fraction of sp³-hybridized carbons (Fsp3) is 0.174. The highest BCUT2D eigenvalue weighted by atomic mass is 32.2. The first-order chi connectivity index (χ1) is 14.8. The SMILES string of the molecule is O=C(Cc1ccc2c(c1)N(S(=O)(=O)c1ccc(F)cc1)CCC2)c1c(F)cccc1F. The zero-order valence-corrected chi connectivity index (χ0v) is 17.1. The Morgan fingerprint density at radius 3 is 2.29 bits per heavy atom. The Balaban J connectivity index is 1.68. The Morgan fingerprint density at radius 2 is 1.61 bits per heavy atom. The molecule has 4 nitrogen and oxygen atoms in total. The molecule has 160 valence electrons. The molecule has 0 fully saturated rings. The van der Waals surface area contributed by atoms with Crippen molar-refractivity contribution in [3.8, 4) is 0 Å². The van der Waals surface area contributed by atoms with Crippen molar-refractivity contribution < 1.29 is 26.4 Å². The number of carbonyl (C=O) groups is 1. The fourth-order valence-electron chi connectivity index (χ4n) is 3.72. The maximum Gasteiger partial charge on any atom is 0.264 e. The second-order valence-electron chi connectivity index (χ2n) is 7.29. The summed E-state index contributed by atoms with van der Waals surface area (Å²) in [5.41, 5.74) is 1.02. The van der Waals surface area contributed by atoms with Crippen LogP contribution >= 0.6 is 0 Å². The Labute approximate surface area is 178 Å². The highest BCUT2D eigenvalue weighted by molar-refractivity contribution is 7.92. The van der Waals surface area contributed by atoms with E-state index in [-0.39, 0.29) is 17.9 Å². The van der Waals surface area contributed by atoms with Crippen LogP contribution in [0.1, 0.15) is 27.9 Å². The van der Waals surface area contributed by atoms with Gasteiger partial charge in [0, 0.05) is 13.0 Å². The molecule has 8 heteroatoms. The Bertz CT molecular complexity index is 1240. The molecule has 3 aromatic carbocycles. The van der Waals surface area contributed by atoms with Crippen molar-refractivity contribution in [1.82, 2.24) is 0 Å². The molecule has 0 N–H and O–H groups in total. The number of sulfonamides is 1. The molecule has 1 heterocycles. The van der Waals surface area contributed by atoms with Crippen LogP contribution in [0.5, 0.6) is 0 Å². The van der Waals surface area contributed by atoms with Crippen molar-refractivity contribution in [1.29, 1.82) is 0 Å². The molecule has 0 spiro atoms. The van der Waals surface area contributed by atoms with Crippen LogP contribution in [0.3, 0.4) is 0 Å². The predicted octanol–water partition coefficient (Wildman–Crippen LogP) is 4.67. The number of fused-ring (bicyclic) bond motifs is 1. The molecule has 1 aliphatic heterocycles. The number of halogens is 3. The molecular weight excluding hydrogens is 427 g/mol. The highest BCUT2D eigenvalue weighted by Gasteiger charge is 2.29. The lowest BCUT2D eigenvalue weighted by Gasteiger charge is -2.31. The van der Waals surface area contributed by atoms with Gasteiger partial charge in [0.1, 0.15) is 17.5 Å². The van der Waals surface area contributed by atoms with Crippen LogP contribution in [0.15, 0.2) is 65.6 Å². The third-order valence-corrected chi connectivity index (χ3v) is 7.06. The molecule has 31 heavy (non-hydrogen) atoms. The van der Waals surface area contributed by atoms with E-state index in [9.17, 15) is 26.4 Å². The van der Waals surface area contributed by atoms with Crippen LogP contribution in [0.2, 0.25) is 0 Å². The third kappa shape index (κ3) is 4.07. The van der Waals surface area contributed by atoms with Crippen LogP contribution in [0.25, 0.3) is 0 Å². The first-order valence-corrected chi connectivity index (χ1v) is 11.1. The average molecular weight is 445 g/mol. The number of carbonyl (C=O) groups excluding carboxylic acids is 1. The predicted molar refractivity (Wildman–Crippen MR) is 110 cm³/mol. The minimum Gasteiger partial charge on any atom is -0.294 e. The Morgan fingerprint density at radius 1 is 0.935 bits per heavy atom. The number of hydrogen-bond acceptors (Lipinski definition) is 3. The number of benzene rings is 3. The van der Waals surface area contributed by atoms with E-state index >= 15 is 0 Å². The van der Waals surface area contributed by atoms with E-state index in [0.717, 1.165) is 29.8 Å². The van der Waals surface area contributed by atoms with E-state index in [2.05, 4.69) is 0 Å². The minimum atomic E-state index is -3.94. The molecule has 0 radical (unpaired) electrons. The van der Waals surface area contributed by atoms with Crippen molar-refractivity contribution >= 4 is 21.5 Å². The van der Waals surface area contributed by atoms with Crippen LogP contribution < -0.4 is 4.31 Å². The molecule has 0 aromatic heterocycles. The van der Waals surface area contributed by atoms with Crippen molar-refractivity contribution in [2.24, 2.45) is 0 Å². The van der Waals surface area contributed by atoms with Gasteiger partial charge in [-0.3, -0.25) is 9.10 Å². The molecule has 4 rings (SSSR count). The van der Waals surface area contributed by atoms with Gasteiger partial charge in [0.25, 0.3) is 10.0 Å². The van der Waals surface area contributed by atoms with Crippen LogP contribution in [0, 0.1) is 17.5 Å².